The molecule has 0 aliphatic carbocycles. The molecule has 1 aliphatic rings. The quantitative estimate of drug-likeness (QED) is 0.869. The minimum Gasteiger partial charge on any atom is -0.339 e. The summed E-state index contributed by atoms with van der Waals surface area (Å²) in [6.45, 7) is 3.26. The van der Waals surface area contributed by atoms with Gasteiger partial charge in [-0.1, -0.05) is 6.92 Å². The first kappa shape index (κ1) is 15.5. The number of rotatable bonds is 4. The number of ketones is 1. The van der Waals surface area contributed by atoms with Crippen molar-refractivity contribution in [3.8, 4) is 5.69 Å². The standard InChI is InChI=1S/C19H22N2O2/c1-2-18(22)15-9-13-21(14-10-15)19(23)16-5-7-17(8-6-16)20-11-3-4-12-20/h3-8,11-12,15H,2,9-10,13-14H2,1H3. The summed E-state index contributed by atoms with van der Waals surface area (Å²) in [4.78, 5) is 26.2. The summed E-state index contributed by atoms with van der Waals surface area (Å²) in [6.07, 6.45) is 6.14. The Morgan fingerprint density at radius 3 is 2.22 bits per heavy atom. The fraction of sp³-hybridized carbons (Fsp3) is 0.368. The molecule has 0 spiro atoms. The molecule has 1 aromatic carbocycles. The Labute approximate surface area is 136 Å². The highest BCUT2D eigenvalue weighted by atomic mass is 16.2. The maximum Gasteiger partial charge on any atom is 0.253 e. The molecule has 1 fully saturated rings. The lowest BCUT2D eigenvalue weighted by Crippen LogP contribution is -2.40. The zero-order valence-electron chi connectivity index (χ0n) is 13.4. The van der Waals surface area contributed by atoms with Gasteiger partial charge in [-0.2, -0.15) is 0 Å². The topological polar surface area (TPSA) is 42.3 Å². The molecule has 0 unspecified atom stereocenters. The second-order valence-corrected chi connectivity index (χ2v) is 6.02. The van der Waals surface area contributed by atoms with Crippen LogP contribution in [0.3, 0.4) is 0 Å². The van der Waals surface area contributed by atoms with Crippen molar-refractivity contribution in [1.29, 1.82) is 0 Å². The Balaban J connectivity index is 1.64. The lowest BCUT2D eigenvalue weighted by Gasteiger charge is -2.31. The molecule has 23 heavy (non-hydrogen) atoms. The Hall–Kier alpha value is -2.36. The molecule has 0 atom stereocenters. The second-order valence-electron chi connectivity index (χ2n) is 6.02. The van der Waals surface area contributed by atoms with Crippen LogP contribution in [0.4, 0.5) is 0 Å². The van der Waals surface area contributed by atoms with Crippen molar-refractivity contribution in [1.82, 2.24) is 9.47 Å². The number of aromatic nitrogens is 1. The predicted molar refractivity (Wildman–Crippen MR) is 89.7 cm³/mol. The van der Waals surface area contributed by atoms with Gasteiger partial charge in [-0.25, -0.2) is 0 Å². The van der Waals surface area contributed by atoms with Crippen LogP contribution in [-0.4, -0.2) is 34.2 Å². The number of carbonyl (C=O) groups is 2. The highest BCUT2D eigenvalue weighted by Gasteiger charge is 2.26. The third kappa shape index (κ3) is 3.36. The molecule has 4 heteroatoms. The normalized spacial score (nSPS) is 15.6. The van der Waals surface area contributed by atoms with Crippen molar-refractivity contribution in [2.45, 2.75) is 26.2 Å². The van der Waals surface area contributed by atoms with Gasteiger partial charge < -0.3 is 9.47 Å². The summed E-state index contributed by atoms with van der Waals surface area (Å²) in [5.41, 5.74) is 1.75. The minimum atomic E-state index is 0.0615. The van der Waals surface area contributed by atoms with Gasteiger partial charge in [-0.05, 0) is 49.2 Å². The molecule has 0 saturated carbocycles. The zero-order chi connectivity index (χ0) is 16.2. The second kappa shape index (κ2) is 6.82. The largest absolute Gasteiger partial charge is 0.339 e. The number of nitrogens with zero attached hydrogens (tertiary/aromatic N) is 2. The van der Waals surface area contributed by atoms with E-state index in [0.717, 1.165) is 18.5 Å². The summed E-state index contributed by atoms with van der Waals surface area (Å²) in [5.74, 6) is 0.528. The van der Waals surface area contributed by atoms with E-state index in [9.17, 15) is 9.59 Å². The van der Waals surface area contributed by atoms with Crippen LogP contribution in [0.1, 0.15) is 36.5 Å². The van der Waals surface area contributed by atoms with E-state index in [0.29, 0.717) is 30.9 Å². The Bertz CT molecular complexity index is 666. The van der Waals surface area contributed by atoms with Crippen LogP contribution >= 0.6 is 0 Å². The van der Waals surface area contributed by atoms with Crippen LogP contribution < -0.4 is 0 Å². The average molecular weight is 310 g/mol. The van der Waals surface area contributed by atoms with Crippen LogP contribution in [0.25, 0.3) is 5.69 Å². The molecule has 1 aliphatic heterocycles. The van der Waals surface area contributed by atoms with Gasteiger partial charge in [0.15, 0.2) is 0 Å². The van der Waals surface area contributed by atoms with Gasteiger partial charge in [0.1, 0.15) is 5.78 Å². The third-order valence-electron chi connectivity index (χ3n) is 4.60. The summed E-state index contributed by atoms with van der Waals surface area (Å²) >= 11 is 0. The van der Waals surface area contributed by atoms with Crippen molar-refractivity contribution < 1.29 is 9.59 Å². The highest BCUT2D eigenvalue weighted by Crippen LogP contribution is 2.21. The number of benzene rings is 1. The smallest absolute Gasteiger partial charge is 0.253 e. The first-order chi connectivity index (χ1) is 11.2. The maximum atomic E-state index is 12.6. The Kier molecular flexibility index (Phi) is 4.60. The van der Waals surface area contributed by atoms with Crippen LogP contribution in [0.15, 0.2) is 48.8 Å². The first-order valence-electron chi connectivity index (χ1n) is 8.24. The fourth-order valence-corrected chi connectivity index (χ4v) is 3.16. The minimum absolute atomic E-state index is 0.0615. The number of hydrogen-bond donors (Lipinski definition) is 0. The van der Waals surface area contributed by atoms with E-state index in [1.807, 2.05) is 65.2 Å². The van der Waals surface area contributed by atoms with Gasteiger partial charge in [-0.15, -0.1) is 0 Å². The number of Topliss-reactive ketones (excluding diaryl/α,β-unsaturated/α-hetero) is 1. The predicted octanol–water partition coefficient (Wildman–Crippen LogP) is 3.31. The van der Waals surface area contributed by atoms with E-state index in [-0.39, 0.29) is 11.8 Å². The van der Waals surface area contributed by atoms with Gasteiger partial charge in [0.25, 0.3) is 5.91 Å². The molecule has 1 saturated heterocycles. The lowest BCUT2D eigenvalue weighted by molar-refractivity contribution is -0.123. The first-order valence-corrected chi connectivity index (χ1v) is 8.24. The van der Waals surface area contributed by atoms with Gasteiger partial charge in [0.05, 0.1) is 0 Å². The van der Waals surface area contributed by atoms with E-state index in [2.05, 4.69) is 0 Å². The Morgan fingerprint density at radius 2 is 1.65 bits per heavy atom. The number of amides is 1. The number of carbonyl (C=O) groups excluding carboxylic acids is 2. The average Bonchev–Trinajstić information content (AvgIpc) is 3.15. The Morgan fingerprint density at radius 1 is 1.04 bits per heavy atom. The lowest BCUT2D eigenvalue weighted by atomic mass is 9.91. The molecular formula is C19H22N2O2. The van der Waals surface area contributed by atoms with Crippen LogP contribution in [0.2, 0.25) is 0 Å². The molecule has 3 rings (SSSR count). The van der Waals surface area contributed by atoms with Gasteiger partial charge in [-0.3, -0.25) is 9.59 Å². The van der Waals surface area contributed by atoms with Crippen molar-refractivity contribution in [2.24, 2.45) is 5.92 Å². The molecule has 0 bridgehead atoms. The van der Waals surface area contributed by atoms with E-state index >= 15 is 0 Å². The molecule has 0 N–H and O–H groups in total. The SMILES string of the molecule is CCC(=O)C1CCN(C(=O)c2ccc(-n3cccc3)cc2)CC1. The van der Waals surface area contributed by atoms with Crippen LogP contribution in [-0.2, 0) is 4.79 Å². The summed E-state index contributed by atoms with van der Waals surface area (Å²) < 4.78 is 2.01. The summed E-state index contributed by atoms with van der Waals surface area (Å²) in [7, 11) is 0. The van der Waals surface area contributed by atoms with Gasteiger partial charge >= 0.3 is 0 Å². The van der Waals surface area contributed by atoms with E-state index in [4.69, 9.17) is 0 Å². The van der Waals surface area contributed by atoms with E-state index < -0.39 is 0 Å². The number of piperidine rings is 1. The zero-order valence-corrected chi connectivity index (χ0v) is 13.4. The van der Waals surface area contributed by atoms with Crippen molar-refractivity contribution >= 4 is 11.7 Å². The maximum absolute atomic E-state index is 12.6. The van der Waals surface area contributed by atoms with Crippen molar-refractivity contribution in [2.75, 3.05) is 13.1 Å². The van der Waals surface area contributed by atoms with E-state index in [1.54, 1.807) is 0 Å². The van der Waals surface area contributed by atoms with E-state index in [1.165, 1.54) is 0 Å². The fourth-order valence-electron chi connectivity index (χ4n) is 3.16. The van der Waals surface area contributed by atoms with Crippen LogP contribution in [0.5, 0.6) is 0 Å². The molecule has 120 valence electrons. The number of hydrogen-bond acceptors (Lipinski definition) is 2. The summed E-state index contributed by atoms with van der Waals surface area (Å²) in [6, 6.07) is 11.6. The molecule has 0 radical (unpaired) electrons. The number of likely N-dealkylation sites (tertiary alicyclic amines) is 1. The van der Waals surface area contributed by atoms with Gasteiger partial charge in [0, 0.05) is 49.1 Å². The molecule has 1 aromatic heterocycles. The van der Waals surface area contributed by atoms with Crippen molar-refractivity contribution in [3.05, 3.63) is 54.4 Å². The van der Waals surface area contributed by atoms with Crippen molar-refractivity contribution in [3.63, 3.8) is 0 Å². The summed E-state index contributed by atoms with van der Waals surface area (Å²) in [5, 5.41) is 0. The molecule has 2 heterocycles. The monoisotopic (exact) mass is 310 g/mol. The highest BCUT2D eigenvalue weighted by molar-refractivity contribution is 5.94. The molecule has 1 amide bonds. The van der Waals surface area contributed by atoms with Crippen LogP contribution in [0, 0.1) is 5.92 Å². The third-order valence-corrected chi connectivity index (χ3v) is 4.60. The molecule has 2 aromatic rings. The molecular weight excluding hydrogens is 288 g/mol. The van der Waals surface area contributed by atoms with Gasteiger partial charge in [0.2, 0.25) is 0 Å². The molecule has 4 nitrogen and oxygen atoms in total.